The number of hydrogen-bond donors (Lipinski definition) is 1. The summed E-state index contributed by atoms with van der Waals surface area (Å²) in [5.41, 5.74) is 5.31. The molecule has 8 heteroatoms. The van der Waals surface area contributed by atoms with Crippen LogP contribution in [-0.2, 0) is 0 Å². The minimum atomic E-state index is -0.486. The van der Waals surface area contributed by atoms with Crippen molar-refractivity contribution in [2.24, 2.45) is 5.10 Å². The number of Topliss-reactive ketones (excluding diaryl/α,β-unsaturated/α-hetero) is 1. The second kappa shape index (κ2) is 8.83. The summed E-state index contributed by atoms with van der Waals surface area (Å²) in [6.45, 7) is 0. The summed E-state index contributed by atoms with van der Waals surface area (Å²) in [5, 5.41) is 19.1. The molecule has 0 aliphatic rings. The molecule has 0 bridgehead atoms. The number of nitrogens with one attached hydrogen (secondary N) is 1. The summed E-state index contributed by atoms with van der Waals surface area (Å²) in [6.07, 6.45) is 0. The van der Waals surface area contributed by atoms with Crippen LogP contribution in [0.5, 0.6) is 0 Å². The highest BCUT2D eigenvalue weighted by Gasteiger charge is 2.22. The van der Waals surface area contributed by atoms with Gasteiger partial charge in [0.2, 0.25) is 5.76 Å². The Balaban J connectivity index is 1.64. The Hall–Kier alpha value is -4.59. The topological polar surface area (TPSA) is 111 Å². The van der Waals surface area contributed by atoms with E-state index in [1.54, 1.807) is 30.3 Å². The number of carbonyl (C=O) groups is 1. The molecule has 3 aromatic carbocycles. The number of benzene rings is 3. The summed E-state index contributed by atoms with van der Waals surface area (Å²) in [4.78, 5) is 23.5. The van der Waals surface area contributed by atoms with Crippen molar-refractivity contribution >= 4 is 22.9 Å². The fourth-order valence-corrected chi connectivity index (χ4v) is 2.86. The average molecular weight is 412 g/mol. The van der Waals surface area contributed by atoms with Crippen LogP contribution in [0.3, 0.4) is 0 Å². The molecule has 0 aliphatic heterocycles. The number of hydrogen-bond acceptors (Lipinski definition) is 7. The smallest absolute Gasteiger partial charge is 0.269 e. The number of hydrazone groups is 1. The first-order valence-corrected chi connectivity index (χ1v) is 9.32. The molecule has 1 heterocycles. The van der Waals surface area contributed by atoms with Gasteiger partial charge >= 0.3 is 0 Å². The van der Waals surface area contributed by atoms with Gasteiger partial charge in [0.1, 0.15) is 11.4 Å². The summed E-state index contributed by atoms with van der Waals surface area (Å²) >= 11 is 0. The molecule has 31 heavy (non-hydrogen) atoms. The van der Waals surface area contributed by atoms with Crippen molar-refractivity contribution in [1.29, 1.82) is 0 Å². The Morgan fingerprint density at radius 1 is 0.935 bits per heavy atom. The summed E-state index contributed by atoms with van der Waals surface area (Å²) in [5.74, 6) is -0.401. The van der Waals surface area contributed by atoms with Gasteiger partial charge < -0.3 is 4.52 Å². The van der Waals surface area contributed by atoms with Gasteiger partial charge in [0, 0.05) is 29.3 Å². The maximum atomic E-state index is 13.2. The molecule has 0 aliphatic carbocycles. The Labute approximate surface area is 177 Å². The molecular formula is C23H16N4O4. The van der Waals surface area contributed by atoms with Crippen LogP contribution in [-0.4, -0.2) is 21.6 Å². The number of anilines is 1. The minimum Gasteiger partial charge on any atom is -0.352 e. The number of ketones is 1. The molecule has 4 rings (SSSR count). The number of nitrogens with zero attached hydrogens (tertiary/aromatic N) is 3. The fourth-order valence-electron chi connectivity index (χ4n) is 2.86. The van der Waals surface area contributed by atoms with E-state index in [4.69, 9.17) is 4.52 Å². The molecular weight excluding hydrogens is 396 g/mol. The molecule has 0 spiro atoms. The molecule has 0 atom stereocenters. The van der Waals surface area contributed by atoms with Crippen molar-refractivity contribution in [1.82, 2.24) is 5.16 Å². The van der Waals surface area contributed by atoms with Gasteiger partial charge in [-0.25, -0.2) is 0 Å². The molecule has 0 fully saturated rings. The van der Waals surface area contributed by atoms with Gasteiger partial charge in [-0.05, 0) is 12.1 Å². The van der Waals surface area contributed by atoms with Crippen molar-refractivity contribution < 1.29 is 14.2 Å². The molecule has 8 nitrogen and oxygen atoms in total. The first-order chi connectivity index (χ1) is 15.1. The zero-order valence-electron chi connectivity index (χ0n) is 16.1. The van der Waals surface area contributed by atoms with Crippen molar-refractivity contribution in [2.45, 2.75) is 0 Å². The van der Waals surface area contributed by atoms with Crippen LogP contribution in [0.25, 0.3) is 11.3 Å². The molecule has 0 saturated carbocycles. The van der Waals surface area contributed by atoms with E-state index < -0.39 is 10.7 Å². The maximum absolute atomic E-state index is 13.2. The van der Waals surface area contributed by atoms with Crippen LogP contribution < -0.4 is 5.43 Å². The van der Waals surface area contributed by atoms with Gasteiger partial charge in [0.25, 0.3) is 11.5 Å². The van der Waals surface area contributed by atoms with Gasteiger partial charge in [-0.15, -0.1) is 0 Å². The molecule has 0 saturated heterocycles. The van der Waals surface area contributed by atoms with Crippen molar-refractivity contribution in [3.8, 4) is 11.3 Å². The maximum Gasteiger partial charge on any atom is 0.269 e. The number of nitro benzene ring substituents is 1. The Morgan fingerprint density at radius 2 is 1.58 bits per heavy atom. The number of non-ortho nitro benzene ring substituents is 1. The van der Waals surface area contributed by atoms with Gasteiger partial charge in [-0.1, -0.05) is 65.8 Å². The van der Waals surface area contributed by atoms with Crippen LogP contribution in [0.4, 0.5) is 11.4 Å². The van der Waals surface area contributed by atoms with Gasteiger partial charge in [0.15, 0.2) is 0 Å². The lowest BCUT2D eigenvalue weighted by Gasteiger charge is -2.06. The van der Waals surface area contributed by atoms with Gasteiger partial charge in [-0.3, -0.25) is 20.3 Å². The van der Waals surface area contributed by atoms with Crippen molar-refractivity contribution in [3.63, 3.8) is 0 Å². The second-order valence-corrected chi connectivity index (χ2v) is 6.51. The minimum absolute atomic E-state index is 0.0380. The molecule has 0 radical (unpaired) electrons. The van der Waals surface area contributed by atoms with E-state index in [1.165, 1.54) is 24.3 Å². The summed E-state index contributed by atoms with van der Waals surface area (Å²) in [6, 6.07) is 25.6. The van der Waals surface area contributed by atoms with Crippen molar-refractivity contribution in [3.05, 3.63) is 112 Å². The Bertz CT molecular complexity index is 1230. The highest BCUT2D eigenvalue weighted by atomic mass is 16.6. The molecule has 1 aromatic heterocycles. The Kier molecular flexibility index (Phi) is 5.62. The zero-order valence-corrected chi connectivity index (χ0v) is 16.1. The van der Waals surface area contributed by atoms with E-state index in [2.05, 4.69) is 15.7 Å². The normalized spacial score (nSPS) is 11.2. The standard InChI is InChI=1S/C23H16N4O4/c28-23(21-15-20(26-31-21)16-7-3-1-4-8-16)22(17-9-5-2-6-10-17)25-24-18-11-13-19(14-12-18)27(29)30/h1-15,24H/b25-22+. The fraction of sp³-hybridized carbons (Fsp3) is 0. The third-order valence-corrected chi connectivity index (χ3v) is 4.44. The lowest BCUT2D eigenvalue weighted by atomic mass is 10.0. The highest BCUT2D eigenvalue weighted by Crippen LogP contribution is 2.20. The van der Waals surface area contributed by atoms with E-state index in [1.807, 2.05) is 36.4 Å². The molecule has 4 aromatic rings. The average Bonchev–Trinajstić information content (AvgIpc) is 3.31. The molecule has 0 amide bonds. The molecule has 152 valence electrons. The SMILES string of the molecule is O=C(/C(=N/Nc1ccc([N+](=O)[O-])cc1)c1ccccc1)c1cc(-c2ccccc2)no1. The lowest BCUT2D eigenvalue weighted by molar-refractivity contribution is -0.384. The number of carbonyl (C=O) groups excluding carboxylic acids is 1. The number of nitro groups is 1. The third kappa shape index (κ3) is 4.54. The van der Waals surface area contributed by atoms with Crippen LogP contribution in [0.15, 0.2) is 101 Å². The Morgan fingerprint density at radius 3 is 2.23 bits per heavy atom. The van der Waals surface area contributed by atoms with E-state index in [0.717, 1.165) is 5.56 Å². The summed E-state index contributed by atoms with van der Waals surface area (Å²) < 4.78 is 5.29. The first kappa shape index (κ1) is 19.7. The predicted octanol–water partition coefficient (Wildman–Crippen LogP) is 4.95. The van der Waals surface area contributed by atoms with Crippen LogP contribution >= 0.6 is 0 Å². The largest absolute Gasteiger partial charge is 0.352 e. The second-order valence-electron chi connectivity index (χ2n) is 6.51. The monoisotopic (exact) mass is 412 g/mol. The van der Waals surface area contributed by atoms with Crippen LogP contribution in [0.1, 0.15) is 16.1 Å². The third-order valence-electron chi connectivity index (χ3n) is 4.44. The van der Waals surface area contributed by atoms with E-state index >= 15 is 0 Å². The van der Waals surface area contributed by atoms with E-state index in [-0.39, 0.29) is 17.2 Å². The van der Waals surface area contributed by atoms with Gasteiger partial charge in [-0.2, -0.15) is 5.10 Å². The molecule has 1 N–H and O–H groups in total. The van der Waals surface area contributed by atoms with Crippen molar-refractivity contribution in [2.75, 3.05) is 5.43 Å². The van der Waals surface area contributed by atoms with Crippen LogP contribution in [0.2, 0.25) is 0 Å². The van der Waals surface area contributed by atoms with E-state index in [9.17, 15) is 14.9 Å². The van der Waals surface area contributed by atoms with Crippen LogP contribution in [0, 0.1) is 10.1 Å². The zero-order chi connectivity index (χ0) is 21.6. The number of aromatic nitrogens is 1. The predicted molar refractivity (Wildman–Crippen MR) is 116 cm³/mol. The summed E-state index contributed by atoms with van der Waals surface area (Å²) in [7, 11) is 0. The molecule has 0 unspecified atom stereocenters. The highest BCUT2D eigenvalue weighted by molar-refractivity contribution is 6.51. The first-order valence-electron chi connectivity index (χ1n) is 9.32. The van der Waals surface area contributed by atoms with Gasteiger partial charge in [0.05, 0.1) is 10.6 Å². The van der Waals surface area contributed by atoms with E-state index in [0.29, 0.717) is 16.9 Å². The quantitative estimate of drug-likeness (QED) is 0.199. The number of rotatable bonds is 7. The lowest BCUT2D eigenvalue weighted by Crippen LogP contribution is -2.17.